The molecule has 0 aromatic heterocycles. The van der Waals surface area contributed by atoms with Crippen LogP contribution in [0.2, 0.25) is 5.02 Å². The average molecular weight is 442 g/mol. The average Bonchev–Trinajstić information content (AvgIpc) is 3.11. The van der Waals surface area contributed by atoms with Crippen molar-refractivity contribution >= 4 is 35.3 Å². The Bertz CT molecular complexity index is 1190. The van der Waals surface area contributed by atoms with Crippen molar-refractivity contribution in [3.05, 3.63) is 75.8 Å². The molecule has 0 radical (unpaired) electrons. The van der Waals surface area contributed by atoms with E-state index < -0.39 is 5.91 Å². The lowest BCUT2D eigenvalue weighted by molar-refractivity contribution is -0.114. The lowest BCUT2D eigenvalue weighted by Crippen LogP contribution is -2.38. The summed E-state index contributed by atoms with van der Waals surface area (Å²) in [4.78, 5) is 21.8. The summed E-state index contributed by atoms with van der Waals surface area (Å²) in [7, 11) is 1.44. The molecule has 31 heavy (non-hydrogen) atoms. The quantitative estimate of drug-likeness (QED) is 0.690. The summed E-state index contributed by atoms with van der Waals surface area (Å²) < 4.78 is 24.9. The van der Waals surface area contributed by atoms with Crippen molar-refractivity contribution in [3.63, 3.8) is 0 Å². The van der Waals surface area contributed by atoms with Crippen molar-refractivity contribution in [2.45, 2.75) is 13.5 Å². The van der Waals surface area contributed by atoms with E-state index in [0.29, 0.717) is 22.6 Å². The van der Waals surface area contributed by atoms with E-state index in [9.17, 15) is 9.18 Å². The number of amidine groups is 2. The molecule has 2 aliphatic rings. The molecule has 0 saturated heterocycles. The standard InChI is InChI=1S/C22H17ClFN3O4/c1-12-7-19-26-22(28)15(21(25)27(19)31-12)8-13-9-16(23)20(18(10-13)29-2)30-11-14-5-3-4-6-17(14)24/h3-10,25H,11H2,1-2H3/b15-8-,25-21?. The number of hydrogen-bond donors (Lipinski definition) is 1. The highest BCUT2D eigenvalue weighted by Gasteiger charge is 2.34. The normalized spacial score (nSPS) is 16.6. The number of hydroxylamine groups is 2. The Kier molecular flexibility index (Phi) is 5.48. The number of nitrogens with zero attached hydrogens (tertiary/aromatic N) is 2. The van der Waals surface area contributed by atoms with Gasteiger partial charge in [0.15, 0.2) is 23.2 Å². The largest absolute Gasteiger partial charge is 0.493 e. The number of aliphatic imine (C=N–C) groups is 1. The second-order valence-corrected chi connectivity index (χ2v) is 7.14. The van der Waals surface area contributed by atoms with Crippen molar-refractivity contribution in [1.82, 2.24) is 5.06 Å². The summed E-state index contributed by atoms with van der Waals surface area (Å²) in [6.45, 7) is 1.66. The van der Waals surface area contributed by atoms with Crippen molar-refractivity contribution < 1.29 is 23.5 Å². The maximum Gasteiger partial charge on any atom is 0.282 e. The number of methoxy groups -OCH3 is 1. The van der Waals surface area contributed by atoms with Gasteiger partial charge in [-0.15, -0.1) is 5.06 Å². The first kappa shape index (κ1) is 20.6. The van der Waals surface area contributed by atoms with Crippen LogP contribution in [0.15, 0.2) is 58.8 Å². The molecule has 2 aliphatic heterocycles. The minimum absolute atomic E-state index is 0.0324. The van der Waals surface area contributed by atoms with Crippen LogP contribution in [0.3, 0.4) is 0 Å². The molecule has 1 amide bonds. The van der Waals surface area contributed by atoms with Gasteiger partial charge in [-0.2, -0.15) is 4.99 Å². The van der Waals surface area contributed by atoms with E-state index in [2.05, 4.69) is 4.99 Å². The zero-order chi connectivity index (χ0) is 22.1. The van der Waals surface area contributed by atoms with Crippen molar-refractivity contribution in [2.75, 3.05) is 7.11 Å². The third kappa shape index (κ3) is 4.02. The minimum Gasteiger partial charge on any atom is -0.493 e. The van der Waals surface area contributed by atoms with Crippen LogP contribution in [0.1, 0.15) is 18.1 Å². The second-order valence-electron chi connectivity index (χ2n) is 6.74. The van der Waals surface area contributed by atoms with E-state index >= 15 is 0 Å². The van der Waals surface area contributed by atoms with Crippen LogP contribution in [0.25, 0.3) is 6.08 Å². The van der Waals surface area contributed by atoms with Gasteiger partial charge in [-0.1, -0.05) is 29.8 Å². The fourth-order valence-corrected chi connectivity index (χ4v) is 3.37. The Labute approximate surface area is 182 Å². The number of carbonyl (C=O) groups excluding carboxylic acids is 1. The first-order valence-corrected chi connectivity index (χ1v) is 9.59. The molecular weight excluding hydrogens is 425 g/mol. The number of carbonyl (C=O) groups is 1. The molecular formula is C22H17ClFN3O4. The van der Waals surface area contributed by atoms with Gasteiger partial charge in [0.1, 0.15) is 18.2 Å². The molecule has 0 spiro atoms. The second kappa shape index (κ2) is 8.23. The van der Waals surface area contributed by atoms with Crippen molar-refractivity contribution in [2.24, 2.45) is 4.99 Å². The highest BCUT2D eigenvalue weighted by atomic mass is 35.5. The molecule has 4 rings (SSSR count). The molecule has 7 nitrogen and oxygen atoms in total. The van der Waals surface area contributed by atoms with E-state index in [1.165, 1.54) is 24.3 Å². The van der Waals surface area contributed by atoms with Gasteiger partial charge in [-0.3, -0.25) is 10.2 Å². The lowest BCUT2D eigenvalue weighted by atomic mass is 10.1. The number of rotatable bonds is 5. The molecule has 9 heteroatoms. The fraction of sp³-hybridized carbons (Fsp3) is 0.136. The number of allylic oxidation sites excluding steroid dienone is 1. The summed E-state index contributed by atoms with van der Waals surface area (Å²) >= 11 is 6.38. The molecule has 2 heterocycles. The Morgan fingerprint density at radius 1 is 1.32 bits per heavy atom. The van der Waals surface area contributed by atoms with E-state index in [1.54, 1.807) is 43.3 Å². The first-order chi connectivity index (χ1) is 14.9. The summed E-state index contributed by atoms with van der Waals surface area (Å²) in [5, 5.41) is 9.67. The van der Waals surface area contributed by atoms with Gasteiger partial charge < -0.3 is 14.3 Å². The number of fused-ring (bicyclic) bond motifs is 1. The van der Waals surface area contributed by atoms with Gasteiger partial charge in [0.25, 0.3) is 5.91 Å². The summed E-state index contributed by atoms with van der Waals surface area (Å²) in [5.41, 5.74) is 0.900. The van der Waals surface area contributed by atoms with Gasteiger partial charge in [0.05, 0.1) is 17.7 Å². The maximum absolute atomic E-state index is 13.9. The smallest absolute Gasteiger partial charge is 0.282 e. The van der Waals surface area contributed by atoms with Gasteiger partial charge in [0, 0.05) is 11.6 Å². The lowest BCUT2D eigenvalue weighted by Gasteiger charge is -2.23. The van der Waals surface area contributed by atoms with Crippen LogP contribution in [-0.2, 0) is 16.2 Å². The Morgan fingerprint density at radius 3 is 2.84 bits per heavy atom. The Balaban J connectivity index is 1.62. The van der Waals surface area contributed by atoms with Crippen LogP contribution in [-0.4, -0.2) is 29.8 Å². The molecule has 2 aromatic carbocycles. The fourth-order valence-electron chi connectivity index (χ4n) is 3.10. The molecule has 158 valence electrons. The predicted molar refractivity (Wildman–Crippen MR) is 114 cm³/mol. The zero-order valence-electron chi connectivity index (χ0n) is 16.6. The van der Waals surface area contributed by atoms with Gasteiger partial charge in [0.2, 0.25) is 0 Å². The van der Waals surface area contributed by atoms with Crippen LogP contribution >= 0.6 is 11.6 Å². The van der Waals surface area contributed by atoms with Crippen LogP contribution < -0.4 is 9.47 Å². The number of hydrogen-bond acceptors (Lipinski definition) is 5. The molecule has 0 aliphatic carbocycles. The highest BCUT2D eigenvalue weighted by molar-refractivity contribution is 6.33. The van der Waals surface area contributed by atoms with E-state index in [1.807, 2.05) is 0 Å². The highest BCUT2D eigenvalue weighted by Crippen LogP contribution is 2.38. The first-order valence-electron chi connectivity index (χ1n) is 9.21. The molecule has 1 N–H and O–H groups in total. The van der Waals surface area contributed by atoms with E-state index in [0.717, 1.165) is 0 Å². The number of benzene rings is 2. The maximum atomic E-state index is 13.9. The Morgan fingerprint density at radius 2 is 2.10 bits per heavy atom. The molecule has 0 saturated carbocycles. The van der Waals surface area contributed by atoms with Crippen LogP contribution in [0.4, 0.5) is 4.39 Å². The van der Waals surface area contributed by atoms with Gasteiger partial charge in [-0.05, 0) is 36.8 Å². The predicted octanol–water partition coefficient (Wildman–Crippen LogP) is 4.52. The van der Waals surface area contributed by atoms with E-state index in [-0.39, 0.29) is 40.4 Å². The third-order valence-electron chi connectivity index (χ3n) is 4.57. The Hall–Kier alpha value is -3.65. The van der Waals surface area contributed by atoms with Gasteiger partial charge in [-0.25, -0.2) is 4.39 Å². The number of nitrogens with one attached hydrogen (secondary N) is 1. The van der Waals surface area contributed by atoms with Crippen LogP contribution in [0.5, 0.6) is 11.5 Å². The molecule has 2 aromatic rings. The monoisotopic (exact) mass is 441 g/mol. The topological polar surface area (TPSA) is 84.2 Å². The molecule has 0 bridgehead atoms. The number of ether oxygens (including phenoxy) is 2. The molecule has 0 atom stereocenters. The van der Waals surface area contributed by atoms with E-state index in [4.69, 9.17) is 31.3 Å². The summed E-state index contributed by atoms with van der Waals surface area (Å²) in [6, 6.07) is 9.42. The summed E-state index contributed by atoms with van der Waals surface area (Å²) in [5.74, 6) is 0.226. The minimum atomic E-state index is -0.569. The number of amides is 1. The summed E-state index contributed by atoms with van der Waals surface area (Å²) in [6.07, 6.45) is 3.04. The van der Waals surface area contributed by atoms with Crippen molar-refractivity contribution in [3.8, 4) is 11.5 Å². The molecule has 0 unspecified atom stereocenters. The van der Waals surface area contributed by atoms with Crippen LogP contribution in [0, 0.1) is 11.2 Å². The van der Waals surface area contributed by atoms with Crippen molar-refractivity contribution in [1.29, 1.82) is 5.41 Å². The van der Waals surface area contributed by atoms with Gasteiger partial charge >= 0.3 is 0 Å². The molecule has 0 fully saturated rings. The SMILES string of the molecule is COc1cc(/C=C2/C(=N)N3OC(C)=CC3=NC2=O)cc(Cl)c1OCc1ccccc1F. The third-order valence-corrected chi connectivity index (χ3v) is 4.85. The zero-order valence-corrected chi connectivity index (χ0v) is 17.4. The number of halogens is 2.